The summed E-state index contributed by atoms with van der Waals surface area (Å²) in [7, 11) is 2.73. The van der Waals surface area contributed by atoms with E-state index in [2.05, 4.69) is 6.92 Å². The van der Waals surface area contributed by atoms with Gasteiger partial charge in [0.05, 0.1) is 25.4 Å². The normalized spacial score (nSPS) is 15.2. The van der Waals surface area contributed by atoms with Gasteiger partial charge in [0.2, 0.25) is 0 Å². The molecule has 0 fully saturated rings. The van der Waals surface area contributed by atoms with Crippen molar-refractivity contribution >= 4 is 23.6 Å². The lowest BCUT2D eigenvalue weighted by molar-refractivity contribution is -0.136. The van der Waals surface area contributed by atoms with Crippen molar-refractivity contribution in [1.29, 1.82) is 0 Å². The molecule has 0 aliphatic carbocycles. The van der Waals surface area contributed by atoms with Crippen LogP contribution >= 0.6 is 0 Å². The second-order valence-corrected chi connectivity index (χ2v) is 6.60. The van der Waals surface area contributed by atoms with Crippen LogP contribution in [0, 0.1) is 0 Å². The number of amides is 1. The Morgan fingerprint density at radius 1 is 1.14 bits per heavy atom. The van der Waals surface area contributed by atoms with Crippen LogP contribution in [0.2, 0.25) is 0 Å². The first-order chi connectivity index (χ1) is 13.9. The van der Waals surface area contributed by atoms with E-state index in [-0.39, 0.29) is 28.6 Å². The first kappa shape index (κ1) is 20.2. The van der Waals surface area contributed by atoms with Gasteiger partial charge in [-0.2, -0.15) is 0 Å². The molecule has 1 aliphatic rings. The molecular formula is C23H23NO5. The largest absolute Gasteiger partial charge is 0.504 e. The predicted octanol–water partition coefficient (Wildman–Crippen LogP) is 3.84. The monoisotopic (exact) mass is 393 g/mol. The van der Waals surface area contributed by atoms with Crippen molar-refractivity contribution in [3.63, 3.8) is 0 Å². The molecule has 0 aromatic heterocycles. The molecule has 3 rings (SSSR count). The number of hydrogen-bond donors (Lipinski definition) is 1. The number of allylic oxidation sites excluding steroid dienone is 1. The molecule has 6 heteroatoms. The first-order valence-corrected chi connectivity index (χ1v) is 9.22. The van der Waals surface area contributed by atoms with Crippen LogP contribution in [-0.4, -0.2) is 31.2 Å². The molecule has 1 heterocycles. The van der Waals surface area contributed by atoms with Crippen molar-refractivity contribution < 1.29 is 24.2 Å². The molecule has 0 radical (unpaired) electrons. The Kier molecular flexibility index (Phi) is 5.73. The van der Waals surface area contributed by atoms with Gasteiger partial charge >= 0.3 is 5.97 Å². The highest BCUT2D eigenvalue weighted by atomic mass is 16.5. The molecule has 1 N–H and O–H groups in total. The molecule has 6 nitrogen and oxygen atoms in total. The standard InChI is InChI=1S/C23H23NO5/c1-5-15-6-9-17(10-7-15)24-14(2)21(23(27)29-4)18(22(24)26)12-16-8-11-19(25)20(13-16)28-3/h6-13,25H,5H2,1-4H3/b18-12-. The van der Waals surface area contributed by atoms with Gasteiger partial charge in [0.1, 0.15) is 0 Å². The van der Waals surface area contributed by atoms with Crippen LogP contribution in [0.4, 0.5) is 5.69 Å². The van der Waals surface area contributed by atoms with Crippen molar-refractivity contribution in [3.8, 4) is 11.5 Å². The highest BCUT2D eigenvalue weighted by Crippen LogP contribution is 2.36. The summed E-state index contributed by atoms with van der Waals surface area (Å²) < 4.78 is 10.1. The summed E-state index contributed by atoms with van der Waals surface area (Å²) >= 11 is 0. The van der Waals surface area contributed by atoms with E-state index in [1.54, 1.807) is 25.1 Å². The van der Waals surface area contributed by atoms with E-state index in [1.807, 2.05) is 24.3 Å². The van der Waals surface area contributed by atoms with Gasteiger partial charge in [-0.1, -0.05) is 25.1 Å². The van der Waals surface area contributed by atoms with Crippen LogP contribution in [0.1, 0.15) is 25.0 Å². The molecule has 0 bridgehead atoms. The van der Waals surface area contributed by atoms with E-state index in [4.69, 9.17) is 9.47 Å². The van der Waals surface area contributed by atoms with Gasteiger partial charge in [-0.3, -0.25) is 9.69 Å². The maximum atomic E-state index is 13.3. The van der Waals surface area contributed by atoms with Gasteiger partial charge in [0, 0.05) is 11.4 Å². The summed E-state index contributed by atoms with van der Waals surface area (Å²) in [5, 5.41) is 9.80. The zero-order valence-electron chi connectivity index (χ0n) is 16.9. The van der Waals surface area contributed by atoms with E-state index in [0.29, 0.717) is 16.9 Å². The third-order valence-corrected chi connectivity index (χ3v) is 4.91. The quantitative estimate of drug-likeness (QED) is 0.617. The summed E-state index contributed by atoms with van der Waals surface area (Å²) in [6, 6.07) is 12.4. The zero-order chi connectivity index (χ0) is 21.1. The summed E-state index contributed by atoms with van der Waals surface area (Å²) in [4.78, 5) is 27.2. The van der Waals surface area contributed by atoms with Crippen molar-refractivity contribution in [2.24, 2.45) is 0 Å². The number of rotatable bonds is 5. The molecular weight excluding hydrogens is 370 g/mol. The third-order valence-electron chi connectivity index (χ3n) is 4.91. The van der Waals surface area contributed by atoms with Crippen LogP contribution in [0.15, 0.2) is 59.3 Å². The molecule has 0 saturated carbocycles. The van der Waals surface area contributed by atoms with Gasteiger partial charge in [-0.25, -0.2) is 4.79 Å². The van der Waals surface area contributed by atoms with Gasteiger partial charge in [0.25, 0.3) is 5.91 Å². The fourth-order valence-corrected chi connectivity index (χ4v) is 3.32. The molecule has 0 saturated heterocycles. The predicted molar refractivity (Wildman–Crippen MR) is 111 cm³/mol. The van der Waals surface area contributed by atoms with Crippen molar-refractivity contribution in [2.75, 3.05) is 19.1 Å². The number of anilines is 1. The van der Waals surface area contributed by atoms with Crippen LogP contribution < -0.4 is 9.64 Å². The number of carbonyl (C=O) groups excluding carboxylic acids is 2. The number of benzene rings is 2. The molecule has 0 spiro atoms. The number of methoxy groups -OCH3 is 2. The van der Waals surface area contributed by atoms with Gasteiger partial charge in [-0.05, 0) is 54.8 Å². The number of hydrogen-bond acceptors (Lipinski definition) is 5. The van der Waals surface area contributed by atoms with Crippen molar-refractivity contribution in [3.05, 3.63) is 70.4 Å². The van der Waals surface area contributed by atoms with Crippen molar-refractivity contribution in [1.82, 2.24) is 0 Å². The Balaban J connectivity index is 2.11. The average molecular weight is 393 g/mol. The Morgan fingerprint density at radius 3 is 2.41 bits per heavy atom. The van der Waals surface area contributed by atoms with Crippen LogP contribution in [0.25, 0.3) is 6.08 Å². The maximum Gasteiger partial charge on any atom is 0.340 e. The number of ether oxygens (including phenoxy) is 2. The Labute approximate surface area is 169 Å². The van der Waals surface area contributed by atoms with Crippen LogP contribution in [0.3, 0.4) is 0 Å². The number of nitrogens with zero attached hydrogens (tertiary/aromatic N) is 1. The third kappa shape index (κ3) is 3.74. The minimum absolute atomic E-state index is 0.00930. The van der Waals surface area contributed by atoms with Gasteiger partial charge in [0.15, 0.2) is 11.5 Å². The SMILES string of the molecule is CCc1ccc(N2C(=O)/C(=C\c3ccc(O)c(OC)c3)C(C(=O)OC)=C2C)cc1. The van der Waals surface area contributed by atoms with E-state index in [0.717, 1.165) is 12.0 Å². The van der Waals surface area contributed by atoms with Crippen molar-refractivity contribution in [2.45, 2.75) is 20.3 Å². The summed E-state index contributed by atoms with van der Waals surface area (Å²) in [6.45, 7) is 3.78. The fourth-order valence-electron chi connectivity index (χ4n) is 3.32. The highest BCUT2D eigenvalue weighted by Gasteiger charge is 2.37. The molecule has 150 valence electrons. The van der Waals surface area contributed by atoms with Crippen LogP contribution in [-0.2, 0) is 20.7 Å². The number of carbonyl (C=O) groups is 2. The molecule has 1 aliphatic heterocycles. The van der Waals surface area contributed by atoms with Gasteiger partial charge in [-0.15, -0.1) is 0 Å². The summed E-state index contributed by atoms with van der Waals surface area (Å²) in [5.41, 5.74) is 3.38. The Hall–Kier alpha value is -3.54. The number of aromatic hydroxyl groups is 1. The molecule has 0 unspecified atom stereocenters. The molecule has 0 atom stereocenters. The lowest BCUT2D eigenvalue weighted by Gasteiger charge is -2.18. The smallest absolute Gasteiger partial charge is 0.340 e. The second kappa shape index (κ2) is 8.22. The van der Waals surface area contributed by atoms with E-state index >= 15 is 0 Å². The number of phenols is 1. The van der Waals surface area contributed by atoms with E-state index < -0.39 is 5.97 Å². The van der Waals surface area contributed by atoms with Gasteiger partial charge < -0.3 is 14.6 Å². The summed E-state index contributed by atoms with van der Waals surface area (Å²) in [5.74, 6) is -0.637. The molecule has 1 amide bonds. The van der Waals surface area contributed by atoms with Crippen LogP contribution in [0.5, 0.6) is 11.5 Å². The van der Waals surface area contributed by atoms with E-state index in [9.17, 15) is 14.7 Å². The highest BCUT2D eigenvalue weighted by molar-refractivity contribution is 6.23. The van der Waals surface area contributed by atoms with E-state index in [1.165, 1.54) is 25.2 Å². The lowest BCUT2D eigenvalue weighted by Crippen LogP contribution is -2.24. The molecule has 29 heavy (non-hydrogen) atoms. The topological polar surface area (TPSA) is 76.1 Å². The number of aryl methyl sites for hydroxylation is 1. The lowest BCUT2D eigenvalue weighted by atomic mass is 10.0. The molecule has 2 aromatic carbocycles. The minimum Gasteiger partial charge on any atom is -0.504 e. The minimum atomic E-state index is -0.583. The summed E-state index contributed by atoms with van der Waals surface area (Å²) in [6.07, 6.45) is 2.49. The second-order valence-electron chi connectivity index (χ2n) is 6.60. The zero-order valence-corrected chi connectivity index (χ0v) is 16.9. The fraction of sp³-hybridized carbons (Fsp3) is 0.217. The number of esters is 1. The average Bonchev–Trinajstić information content (AvgIpc) is 2.98. The first-order valence-electron chi connectivity index (χ1n) is 9.22. The maximum absolute atomic E-state index is 13.3. The molecule has 2 aromatic rings. The number of phenolic OH excluding ortho intramolecular Hbond substituents is 1. The Morgan fingerprint density at radius 2 is 1.83 bits per heavy atom. The Bertz CT molecular complexity index is 1020.